The smallest absolute Gasteiger partial charge is 0.425 e. The van der Waals surface area contributed by atoms with E-state index < -0.39 is 93.1 Å². The second-order valence-corrected chi connectivity index (χ2v) is 28.2. The summed E-state index contributed by atoms with van der Waals surface area (Å²) in [6.07, 6.45) is 1.10. The number of para-hydroxylation sites is 2. The van der Waals surface area contributed by atoms with Crippen molar-refractivity contribution in [3.8, 4) is 23.4 Å². The molecule has 6 N–H and O–H groups in total. The quantitative estimate of drug-likeness (QED) is 0.0170. The van der Waals surface area contributed by atoms with Gasteiger partial charge in [0.1, 0.15) is 50.6 Å². The van der Waals surface area contributed by atoms with Crippen LogP contribution in [-0.2, 0) is 71.8 Å². The number of hydrogen-bond acceptors (Lipinski definition) is 30. The van der Waals surface area contributed by atoms with Gasteiger partial charge in [-0.2, -0.15) is 52.5 Å². The van der Waals surface area contributed by atoms with E-state index in [1.54, 1.807) is 38.1 Å². The number of ether oxygens (including phenoxy) is 2. The summed E-state index contributed by atoms with van der Waals surface area (Å²) >= 11 is 1.91. The molecule has 0 aliphatic heterocycles. The largest absolute Gasteiger partial charge is 0.493 e. The van der Waals surface area contributed by atoms with Gasteiger partial charge in [0, 0.05) is 28.0 Å². The first-order valence-electron chi connectivity index (χ1n) is 24.5. The van der Waals surface area contributed by atoms with Crippen molar-refractivity contribution >= 4 is 166 Å². The number of benzene rings is 5. The number of nitriles is 1. The Bertz CT molecular complexity index is 5030. The van der Waals surface area contributed by atoms with Crippen molar-refractivity contribution in [3.63, 3.8) is 0 Å². The van der Waals surface area contributed by atoms with Gasteiger partial charge in [-0.25, -0.2) is 9.97 Å². The molecule has 8 rings (SSSR count). The van der Waals surface area contributed by atoms with Crippen LogP contribution in [0.3, 0.4) is 0 Å². The third kappa shape index (κ3) is 21.3. The molecule has 3 aromatic heterocycles. The Balaban J connectivity index is 0.00000103. The van der Waals surface area contributed by atoms with Gasteiger partial charge in [-0.1, -0.05) is 36.5 Å². The highest BCUT2D eigenvalue weighted by Gasteiger charge is 2.24. The first-order valence-corrected chi connectivity index (χ1v) is 36.2. The lowest BCUT2D eigenvalue weighted by molar-refractivity contribution is 0.317. The first-order chi connectivity index (χ1) is 41.8. The molecule has 0 saturated carbocycles. The molecule has 0 unspecified atom stereocenters. The summed E-state index contributed by atoms with van der Waals surface area (Å²) in [5.41, 5.74) is 2.31. The average Bonchev–Trinajstić information content (AvgIpc) is 1.52. The van der Waals surface area contributed by atoms with Crippen molar-refractivity contribution in [2.24, 2.45) is 30.7 Å². The van der Waals surface area contributed by atoms with Crippen molar-refractivity contribution in [1.29, 1.82) is 5.26 Å². The van der Waals surface area contributed by atoms with Gasteiger partial charge in [-0.3, -0.25) is 27.2 Å². The molecule has 5 aromatic carbocycles. The predicted molar refractivity (Wildman–Crippen MR) is 322 cm³/mol. The number of pyridine rings is 1. The van der Waals surface area contributed by atoms with Crippen LogP contribution in [0.4, 0.5) is 33.6 Å². The molecule has 0 aliphatic carbocycles. The summed E-state index contributed by atoms with van der Waals surface area (Å²) in [5, 5.41) is 48.3. The molecule has 482 valence electrons. The molecule has 0 radical (unpaired) electrons. The van der Waals surface area contributed by atoms with Gasteiger partial charge in [-0.15, -0.1) is 62.6 Å². The number of azo groups is 3. The van der Waals surface area contributed by atoms with Gasteiger partial charge in [-0.05, 0) is 92.3 Å². The van der Waals surface area contributed by atoms with Crippen molar-refractivity contribution in [2.75, 3.05) is 36.7 Å². The summed E-state index contributed by atoms with van der Waals surface area (Å²) in [7, 11) is -28.1. The number of thiazole rings is 1. The third-order valence-electron chi connectivity index (χ3n) is 11.2. The van der Waals surface area contributed by atoms with Gasteiger partial charge in [0.25, 0.3) is 50.6 Å². The maximum absolute atomic E-state index is 12.5. The van der Waals surface area contributed by atoms with Crippen LogP contribution >= 0.6 is 23.1 Å². The number of nitrogens with zero attached hydrogens (tertiary/aromatic N) is 10. The topological polar surface area (TPSA) is 541 Å². The number of rotatable bonds is 21. The maximum atomic E-state index is 12.5. The van der Waals surface area contributed by atoms with Crippen LogP contribution in [0.1, 0.15) is 42.9 Å². The summed E-state index contributed by atoms with van der Waals surface area (Å²) in [6.45, 7) is 5.01. The predicted octanol–water partition coefficient (Wildman–Crippen LogP) is 8.50. The second kappa shape index (κ2) is 30.7. The molecular formula is C47H46N10O24S9. The number of imidazole rings is 1. The van der Waals surface area contributed by atoms with E-state index in [0.29, 0.717) is 34.2 Å². The Morgan fingerprint density at radius 3 is 1.82 bits per heavy atom. The van der Waals surface area contributed by atoms with Gasteiger partial charge in [0.15, 0.2) is 11.3 Å². The van der Waals surface area contributed by atoms with Crippen LogP contribution in [0, 0.1) is 25.2 Å². The number of hydrogen-bond donors (Lipinski definition) is 6. The van der Waals surface area contributed by atoms with E-state index in [1.807, 2.05) is 6.92 Å². The average molecular weight is 1420 g/mol. The zero-order valence-corrected chi connectivity index (χ0v) is 53.6. The van der Waals surface area contributed by atoms with Crippen molar-refractivity contribution in [2.45, 2.75) is 54.7 Å². The molecule has 43 heteroatoms. The monoisotopic (exact) mass is 1420 g/mol. The van der Waals surface area contributed by atoms with Crippen LogP contribution in [-0.4, -0.2) is 146 Å². The third-order valence-corrected chi connectivity index (χ3v) is 16.6. The Hall–Kier alpha value is -7.97. The Morgan fingerprint density at radius 2 is 1.23 bits per heavy atom. The molecule has 0 fully saturated rings. The molecule has 8 aromatic rings. The molecule has 0 saturated heterocycles. The molecule has 0 amide bonds. The number of aromatic nitrogens is 3. The van der Waals surface area contributed by atoms with Gasteiger partial charge < -0.3 is 14.6 Å². The maximum Gasteiger partial charge on any atom is 0.425 e. The number of fused-ring (bicyclic) bond motifs is 6. The lowest BCUT2D eigenvalue weighted by Crippen LogP contribution is -2.08. The van der Waals surface area contributed by atoms with E-state index in [1.165, 1.54) is 34.7 Å². The molecule has 3 heterocycles. The highest BCUT2D eigenvalue weighted by Crippen LogP contribution is 2.45. The van der Waals surface area contributed by atoms with Gasteiger partial charge >= 0.3 is 21.2 Å². The SMILES string of the molecule is CCCOc1cc(N=Nc2cc(OCCCS(=O)(=O)O)c(N=Nc3c(C)c(C#N)c4nc5ccccc5n4c3O)cc2C)c(SCCCS(=O)(=O)O)cc1N=Nc1nc2c(S(=O)(=O)O)cc3ccc(S(=O)(=O)O)cc3c2s1.CS(=O)(=O)O.O=S(=O)=O.O=S(=O)=O. The zero-order valence-electron chi connectivity index (χ0n) is 46.3. The molecular weight excluding hydrogens is 1380 g/mol. The molecule has 0 bridgehead atoms. The summed E-state index contributed by atoms with van der Waals surface area (Å²) in [6, 6.07) is 19.5. The Morgan fingerprint density at radius 1 is 0.678 bits per heavy atom. The molecule has 34 nitrogen and oxygen atoms in total. The zero-order chi connectivity index (χ0) is 67.3. The highest BCUT2D eigenvalue weighted by atomic mass is 32.2. The second-order valence-electron chi connectivity index (χ2n) is 17.9. The minimum Gasteiger partial charge on any atom is -0.493 e. The molecule has 0 spiro atoms. The van der Waals surface area contributed by atoms with Crippen molar-refractivity contribution < 1.29 is 105 Å². The van der Waals surface area contributed by atoms with Gasteiger partial charge in [0.05, 0.1) is 57.3 Å². The van der Waals surface area contributed by atoms with Crippen LogP contribution in [0.25, 0.3) is 37.7 Å². The van der Waals surface area contributed by atoms with Crippen molar-refractivity contribution in [1.82, 2.24) is 14.4 Å². The molecule has 0 aliphatic rings. The minimum absolute atomic E-state index is 0.00459. The van der Waals surface area contributed by atoms with E-state index in [4.69, 9.17) is 39.3 Å². The fourth-order valence-corrected chi connectivity index (χ4v) is 11.9. The summed E-state index contributed by atoms with van der Waals surface area (Å²) in [4.78, 5) is 8.08. The normalized spacial score (nSPS) is 12.2. The summed E-state index contributed by atoms with van der Waals surface area (Å²) < 4.78 is 224. The van der Waals surface area contributed by atoms with E-state index in [0.717, 1.165) is 41.3 Å². The standard InChI is InChI=1S/C46H42N10O15S6.CH4O3S.2O3S/c1-4-13-70-38-22-35(39(72-15-8-17-75(61,62)63)23-34(38)52-55-46-49-42-40(77(67,68)69)19-27-11-12-28(76(64,65)66)20-29(27)43(42)73-46)53-50-32-21-37(71-14-7-16-74(58,59)60)33(18-25(32)2)51-54-41-26(3)30(24-47)44-48-31-9-5-6-10-36(31)56(44)45(41)57;1-5(2,3)4;2*1-4(2)3/h5-6,9-12,18-23,57H,4,7-8,13-17H2,1-3H3,(H,58,59,60)(H,61,62,63)(H,64,65,66)(H,67,68,69);1H3,(H,2,3,4);;. The van der Waals surface area contributed by atoms with E-state index in [-0.39, 0.29) is 121 Å². The lowest BCUT2D eigenvalue weighted by Gasteiger charge is -2.13. The highest BCUT2D eigenvalue weighted by molar-refractivity contribution is 7.99. The lowest BCUT2D eigenvalue weighted by atomic mass is 10.1. The van der Waals surface area contributed by atoms with E-state index in [2.05, 4.69) is 46.7 Å². The summed E-state index contributed by atoms with van der Waals surface area (Å²) in [5.74, 6) is -1.28. The van der Waals surface area contributed by atoms with Crippen LogP contribution in [0.2, 0.25) is 0 Å². The van der Waals surface area contributed by atoms with Crippen LogP contribution < -0.4 is 9.47 Å². The Labute approximate surface area is 522 Å². The number of thioether (sulfide) groups is 1. The van der Waals surface area contributed by atoms with Crippen LogP contribution in [0.5, 0.6) is 17.4 Å². The van der Waals surface area contributed by atoms with Gasteiger partial charge in [0.2, 0.25) is 11.0 Å². The number of aryl methyl sites for hydroxylation is 1. The van der Waals surface area contributed by atoms with E-state index >= 15 is 0 Å². The fraction of sp³-hybridized carbons (Fsp3) is 0.255. The Kier molecular flexibility index (Phi) is 24.8. The van der Waals surface area contributed by atoms with Crippen molar-refractivity contribution in [3.05, 3.63) is 89.5 Å². The first kappa shape index (κ1) is 72.8. The molecule has 0 atom stereocenters. The van der Waals surface area contributed by atoms with E-state index in [9.17, 15) is 70.7 Å². The fourth-order valence-electron chi connectivity index (χ4n) is 7.60. The van der Waals surface area contributed by atoms with Crippen LogP contribution in [0.15, 0.2) is 118 Å². The molecule has 90 heavy (non-hydrogen) atoms. The minimum atomic E-state index is -4.89. The number of aromatic hydroxyl groups is 1.